The molecule has 0 heterocycles. The van der Waals surface area contributed by atoms with Gasteiger partial charge in [-0.15, -0.1) is 0 Å². The largest absolute Gasteiger partial charge is 0.497 e. The zero-order valence-electron chi connectivity index (χ0n) is 13.5. The Morgan fingerprint density at radius 2 is 1.58 bits per heavy atom. The summed E-state index contributed by atoms with van der Waals surface area (Å²) in [5.74, 6) is 1.12. The van der Waals surface area contributed by atoms with Gasteiger partial charge in [-0.1, -0.05) is 42.5 Å². The van der Waals surface area contributed by atoms with Crippen LogP contribution in [0.4, 0.5) is 0 Å². The summed E-state index contributed by atoms with van der Waals surface area (Å²) in [7, 11) is 3.19. The quantitative estimate of drug-likeness (QED) is 0.702. The first kappa shape index (κ1) is 14.5. The number of ketones is 1. The van der Waals surface area contributed by atoms with Crippen LogP contribution in [0.1, 0.15) is 15.9 Å². The summed E-state index contributed by atoms with van der Waals surface area (Å²) in [6.45, 7) is 0. The lowest BCUT2D eigenvalue weighted by Gasteiger charge is -2.19. The maximum absolute atomic E-state index is 12.6. The highest BCUT2D eigenvalue weighted by Gasteiger charge is 2.24. The second kappa shape index (κ2) is 5.53. The van der Waals surface area contributed by atoms with Crippen molar-refractivity contribution >= 4 is 22.6 Å². The lowest BCUT2D eigenvalue weighted by molar-refractivity contribution is 0.0957. The Hall–Kier alpha value is -3.07. The molecule has 3 aromatic rings. The molecule has 0 N–H and O–H groups in total. The number of rotatable bonds is 3. The van der Waals surface area contributed by atoms with E-state index in [0.29, 0.717) is 11.3 Å². The molecule has 0 bridgehead atoms. The molecule has 0 unspecified atom stereocenters. The Balaban J connectivity index is 2.02. The van der Waals surface area contributed by atoms with Gasteiger partial charge in [-0.2, -0.15) is 0 Å². The molecule has 4 rings (SSSR count). The topological polar surface area (TPSA) is 35.5 Å². The fourth-order valence-electron chi connectivity index (χ4n) is 3.25. The molecule has 0 fully saturated rings. The van der Waals surface area contributed by atoms with Gasteiger partial charge in [0.15, 0.2) is 5.76 Å². The van der Waals surface area contributed by atoms with Crippen LogP contribution >= 0.6 is 0 Å². The molecule has 1 aliphatic rings. The van der Waals surface area contributed by atoms with Crippen molar-refractivity contribution in [1.82, 2.24) is 0 Å². The molecule has 0 spiro atoms. The van der Waals surface area contributed by atoms with Gasteiger partial charge in [-0.25, -0.2) is 0 Å². The van der Waals surface area contributed by atoms with Crippen LogP contribution in [0.5, 0.6) is 5.75 Å². The molecule has 3 aromatic carbocycles. The summed E-state index contributed by atoms with van der Waals surface area (Å²) in [4.78, 5) is 12.6. The third-order valence-corrected chi connectivity index (χ3v) is 4.45. The van der Waals surface area contributed by atoms with Gasteiger partial charge in [0.1, 0.15) is 5.75 Å². The van der Waals surface area contributed by atoms with E-state index in [9.17, 15) is 4.79 Å². The number of hydrogen-bond acceptors (Lipinski definition) is 3. The molecule has 0 atom stereocenters. The molecule has 3 heteroatoms. The van der Waals surface area contributed by atoms with Crippen LogP contribution in [0.3, 0.4) is 0 Å². The molecule has 0 radical (unpaired) electrons. The molecule has 118 valence electrons. The zero-order valence-corrected chi connectivity index (χ0v) is 13.5. The van der Waals surface area contributed by atoms with Crippen LogP contribution in [-0.2, 0) is 4.74 Å². The summed E-state index contributed by atoms with van der Waals surface area (Å²) >= 11 is 0. The van der Waals surface area contributed by atoms with E-state index in [-0.39, 0.29) is 5.78 Å². The van der Waals surface area contributed by atoms with Crippen LogP contribution in [-0.4, -0.2) is 20.0 Å². The van der Waals surface area contributed by atoms with Gasteiger partial charge in [0.25, 0.3) is 0 Å². The fraction of sp³-hybridized carbons (Fsp3) is 0.0952. The van der Waals surface area contributed by atoms with Crippen molar-refractivity contribution in [1.29, 1.82) is 0 Å². The summed E-state index contributed by atoms with van der Waals surface area (Å²) in [5, 5.41) is 2.04. The Morgan fingerprint density at radius 1 is 0.792 bits per heavy atom. The minimum absolute atomic E-state index is 0.0671. The van der Waals surface area contributed by atoms with Crippen LogP contribution in [0, 0.1) is 0 Å². The van der Waals surface area contributed by atoms with Crippen molar-refractivity contribution < 1.29 is 14.3 Å². The van der Waals surface area contributed by atoms with Gasteiger partial charge in [0, 0.05) is 10.9 Å². The second-order valence-electron chi connectivity index (χ2n) is 5.70. The second-order valence-corrected chi connectivity index (χ2v) is 5.70. The molecule has 0 amide bonds. The van der Waals surface area contributed by atoms with E-state index in [1.54, 1.807) is 7.11 Å². The Kier molecular flexibility index (Phi) is 3.35. The van der Waals surface area contributed by atoms with Crippen molar-refractivity contribution in [2.75, 3.05) is 14.2 Å². The fourth-order valence-corrected chi connectivity index (χ4v) is 3.25. The number of allylic oxidation sites excluding steroid dienone is 1. The number of benzene rings is 3. The number of Topliss-reactive ketones (excluding diaryl/α,β-unsaturated/α-hetero) is 1. The van der Waals surface area contributed by atoms with Gasteiger partial charge in [-0.3, -0.25) is 4.79 Å². The van der Waals surface area contributed by atoms with E-state index in [1.165, 1.54) is 7.11 Å². The first-order valence-electron chi connectivity index (χ1n) is 7.73. The molecule has 0 saturated carbocycles. The third-order valence-electron chi connectivity index (χ3n) is 4.45. The third kappa shape index (κ3) is 2.09. The Labute approximate surface area is 140 Å². The van der Waals surface area contributed by atoms with Gasteiger partial charge in [-0.05, 0) is 40.3 Å². The van der Waals surface area contributed by atoms with E-state index in [0.717, 1.165) is 33.2 Å². The summed E-state index contributed by atoms with van der Waals surface area (Å²) in [6.07, 6.45) is 1.84. The molecule has 0 aliphatic heterocycles. The maximum Gasteiger partial charge on any atom is 0.228 e. The SMILES string of the molecule is COC1=Cc2c(-c3ccc(OC)cc3)ccc3cccc(c23)C1=O. The molecular weight excluding hydrogens is 300 g/mol. The van der Waals surface area contributed by atoms with Gasteiger partial charge >= 0.3 is 0 Å². The van der Waals surface area contributed by atoms with Gasteiger partial charge in [0.2, 0.25) is 5.78 Å². The van der Waals surface area contributed by atoms with Gasteiger partial charge < -0.3 is 9.47 Å². The maximum atomic E-state index is 12.6. The molecule has 1 aliphatic carbocycles. The van der Waals surface area contributed by atoms with E-state index in [4.69, 9.17) is 9.47 Å². The lowest BCUT2D eigenvalue weighted by Crippen LogP contribution is -2.11. The van der Waals surface area contributed by atoms with Gasteiger partial charge in [0.05, 0.1) is 14.2 Å². The summed E-state index contributed by atoms with van der Waals surface area (Å²) < 4.78 is 10.5. The van der Waals surface area contributed by atoms with Crippen LogP contribution in [0.15, 0.2) is 60.4 Å². The Bertz CT molecular complexity index is 982. The van der Waals surface area contributed by atoms with Crippen molar-refractivity contribution in [3.63, 3.8) is 0 Å². The van der Waals surface area contributed by atoms with Crippen molar-refractivity contribution in [2.24, 2.45) is 0 Å². The summed E-state index contributed by atoms with van der Waals surface area (Å²) in [5.41, 5.74) is 3.85. The van der Waals surface area contributed by atoms with Crippen molar-refractivity contribution in [2.45, 2.75) is 0 Å². The number of carbonyl (C=O) groups is 1. The average molecular weight is 316 g/mol. The first-order valence-corrected chi connectivity index (χ1v) is 7.73. The van der Waals surface area contributed by atoms with Crippen molar-refractivity contribution in [3.05, 3.63) is 71.5 Å². The predicted octanol–water partition coefficient (Wildman–Crippen LogP) is 4.70. The molecule has 3 nitrogen and oxygen atoms in total. The van der Waals surface area contributed by atoms with Crippen molar-refractivity contribution in [3.8, 4) is 16.9 Å². The highest BCUT2D eigenvalue weighted by Crippen LogP contribution is 2.38. The average Bonchev–Trinajstić information content (AvgIpc) is 2.64. The first-order chi connectivity index (χ1) is 11.7. The normalized spacial score (nSPS) is 12.9. The van der Waals surface area contributed by atoms with Crippen LogP contribution in [0.2, 0.25) is 0 Å². The van der Waals surface area contributed by atoms with E-state index >= 15 is 0 Å². The number of carbonyl (C=O) groups excluding carboxylic acids is 1. The van der Waals surface area contributed by atoms with E-state index in [2.05, 4.69) is 12.1 Å². The summed E-state index contributed by atoms with van der Waals surface area (Å²) in [6, 6.07) is 17.9. The molecule has 0 saturated heterocycles. The smallest absolute Gasteiger partial charge is 0.228 e. The van der Waals surface area contributed by atoms with Crippen LogP contribution in [0.25, 0.3) is 28.0 Å². The minimum atomic E-state index is -0.0671. The number of ether oxygens (including phenoxy) is 2. The lowest BCUT2D eigenvalue weighted by atomic mass is 9.86. The minimum Gasteiger partial charge on any atom is -0.497 e. The molecular formula is C21H16O3. The highest BCUT2D eigenvalue weighted by atomic mass is 16.5. The Morgan fingerprint density at radius 3 is 2.29 bits per heavy atom. The zero-order chi connectivity index (χ0) is 16.7. The monoisotopic (exact) mass is 316 g/mol. The molecule has 24 heavy (non-hydrogen) atoms. The van der Waals surface area contributed by atoms with Crippen LogP contribution < -0.4 is 4.74 Å². The predicted molar refractivity (Wildman–Crippen MR) is 95.3 cm³/mol. The van der Waals surface area contributed by atoms with E-state index < -0.39 is 0 Å². The van der Waals surface area contributed by atoms with E-state index in [1.807, 2.05) is 48.5 Å². The number of hydrogen-bond donors (Lipinski definition) is 0. The number of methoxy groups -OCH3 is 2. The molecule has 0 aromatic heterocycles. The standard InChI is InChI=1S/C21H16O3/c1-23-15-9-6-13(7-10-15)16-11-8-14-4-3-5-17-20(14)18(16)12-19(24-2)21(17)22/h3-12H,1-2H3. The highest BCUT2D eigenvalue weighted by molar-refractivity contribution is 6.23.